The zero-order valence-corrected chi connectivity index (χ0v) is 5.62. The third-order valence-corrected chi connectivity index (χ3v) is 1.64. The number of benzene rings is 1. The highest BCUT2D eigenvalue weighted by atomic mass is 14.8. The van der Waals surface area contributed by atoms with Crippen LogP contribution in [0.25, 0.3) is 12.3 Å². The molecule has 1 heteroatoms. The van der Waals surface area contributed by atoms with Crippen molar-refractivity contribution in [2.24, 2.45) is 0 Å². The summed E-state index contributed by atoms with van der Waals surface area (Å²) in [7, 11) is 0. The summed E-state index contributed by atoms with van der Waals surface area (Å²) in [6.07, 6.45) is 4.06. The highest BCUT2D eigenvalue weighted by molar-refractivity contribution is 5.37. The molecule has 2 rings (SSSR count). The van der Waals surface area contributed by atoms with Gasteiger partial charge in [-0.1, -0.05) is 30.3 Å². The number of fused-ring (bicyclic) bond motifs is 1. The molecule has 1 nitrogen and oxygen atoms in total. The first-order valence-electron chi connectivity index (χ1n) is 3.39. The zero-order valence-electron chi connectivity index (χ0n) is 5.62. The predicted molar refractivity (Wildman–Crippen MR) is 41.6 cm³/mol. The van der Waals surface area contributed by atoms with Crippen LogP contribution >= 0.6 is 0 Å². The van der Waals surface area contributed by atoms with Gasteiger partial charge in [0, 0.05) is 6.20 Å². The van der Waals surface area contributed by atoms with Crippen molar-refractivity contribution in [3.8, 4) is 0 Å². The van der Waals surface area contributed by atoms with Gasteiger partial charge >= 0.3 is 0 Å². The van der Waals surface area contributed by atoms with E-state index in [-0.39, 0.29) is 0 Å². The summed E-state index contributed by atoms with van der Waals surface area (Å²) < 4.78 is 0. The van der Waals surface area contributed by atoms with Crippen molar-refractivity contribution in [3.63, 3.8) is 0 Å². The molecule has 0 aromatic heterocycles. The Morgan fingerprint density at radius 1 is 1.10 bits per heavy atom. The Balaban J connectivity index is 2.84. The van der Waals surface area contributed by atoms with Gasteiger partial charge in [-0.15, -0.1) is 0 Å². The minimum Gasteiger partial charge on any atom is -0.288 e. The molecule has 1 radical (unpaired) electrons. The molecule has 0 bridgehead atoms. The van der Waals surface area contributed by atoms with Crippen LogP contribution in [0, 0.1) is 0 Å². The fourth-order valence-electron chi connectivity index (χ4n) is 1.12. The molecule has 49 valence electrons. The molecule has 1 aromatic carbocycles. The summed E-state index contributed by atoms with van der Waals surface area (Å²) in [5, 5.41) is 6.67. The standard InChI is InChI=1S/C9H8N/c1-2-4-9-7-10-6-5-8(9)3-1/h1-5,7H,6H2. The Morgan fingerprint density at radius 3 is 2.70 bits per heavy atom. The van der Waals surface area contributed by atoms with Crippen molar-refractivity contribution in [3.05, 3.63) is 34.7 Å². The molecule has 0 aliphatic carbocycles. The Labute approximate surface area is 59.7 Å². The molecule has 0 saturated heterocycles. The lowest BCUT2D eigenvalue weighted by atomic mass is 10.2. The van der Waals surface area contributed by atoms with Crippen molar-refractivity contribution in [1.82, 2.24) is 5.32 Å². The van der Waals surface area contributed by atoms with Crippen molar-refractivity contribution in [2.45, 2.75) is 0 Å². The number of hydrogen-bond donors (Lipinski definition) is 0. The van der Waals surface area contributed by atoms with Crippen LogP contribution in [0.1, 0.15) is 0 Å². The highest BCUT2D eigenvalue weighted by Crippen LogP contribution is 1.76. The molecule has 1 aliphatic heterocycles. The Morgan fingerprint density at radius 2 is 1.90 bits per heavy atom. The molecule has 0 unspecified atom stereocenters. The Hall–Kier alpha value is -1.24. The lowest BCUT2D eigenvalue weighted by molar-refractivity contribution is 1.03. The van der Waals surface area contributed by atoms with Crippen LogP contribution in [0.15, 0.2) is 24.3 Å². The molecule has 0 N–H and O–H groups in total. The molecule has 0 amide bonds. The highest BCUT2D eigenvalue weighted by Gasteiger charge is 1.88. The summed E-state index contributed by atoms with van der Waals surface area (Å²) in [6, 6.07) is 8.27. The van der Waals surface area contributed by atoms with Crippen LogP contribution in [-0.4, -0.2) is 6.54 Å². The lowest BCUT2D eigenvalue weighted by Crippen LogP contribution is -2.29. The third kappa shape index (κ3) is 0.798. The van der Waals surface area contributed by atoms with Gasteiger partial charge in [0.25, 0.3) is 0 Å². The minimum absolute atomic E-state index is 0.830. The van der Waals surface area contributed by atoms with Crippen LogP contribution in [0.2, 0.25) is 0 Å². The van der Waals surface area contributed by atoms with E-state index in [4.69, 9.17) is 0 Å². The third-order valence-electron chi connectivity index (χ3n) is 1.64. The maximum Gasteiger partial charge on any atom is 0.0579 e. The SMILES string of the molecule is C1=c2ccccc2=C[N]C1. The summed E-state index contributed by atoms with van der Waals surface area (Å²) in [5.41, 5.74) is 0. The van der Waals surface area contributed by atoms with Crippen LogP contribution < -0.4 is 15.8 Å². The quantitative estimate of drug-likeness (QED) is 0.462. The summed E-state index contributed by atoms with van der Waals surface area (Å²) in [5.74, 6) is 0. The van der Waals surface area contributed by atoms with Crippen LogP contribution in [0.5, 0.6) is 0 Å². The van der Waals surface area contributed by atoms with Gasteiger partial charge in [0.05, 0.1) is 6.54 Å². The average molecular weight is 130 g/mol. The fourth-order valence-corrected chi connectivity index (χ4v) is 1.12. The first-order valence-corrected chi connectivity index (χ1v) is 3.39. The number of nitrogens with zero attached hydrogens (tertiary/aromatic N) is 1. The van der Waals surface area contributed by atoms with Crippen LogP contribution in [0.3, 0.4) is 0 Å². The summed E-state index contributed by atoms with van der Waals surface area (Å²) >= 11 is 0. The van der Waals surface area contributed by atoms with E-state index < -0.39 is 0 Å². The molecule has 1 aliphatic rings. The van der Waals surface area contributed by atoms with E-state index in [1.807, 2.05) is 12.3 Å². The second-order valence-electron chi connectivity index (χ2n) is 2.33. The largest absolute Gasteiger partial charge is 0.288 e. The molecular weight excluding hydrogens is 122 g/mol. The minimum atomic E-state index is 0.830. The van der Waals surface area contributed by atoms with E-state index in [0.29, 0.717) is 0 Å². The van der Waals surface area contributed by atoms with Gasteiger partial charge in [0.15, 0.2) is 0 Å². The molecular formula is C9H8N. The Bertz CT molecular complexity index is 303. The first kappa shape index (κ1) is 5.54. The second kappa shape index (κ2) is 2.18. The second-order valence-corrected chi connectivity index (χ2v) is 2.33. The molecule has 0 atom stereocenters. The Kier molecular flexibility index (Phi) is 1.21. The van der Waals surface area contributed by atoms with E-state index in [1.54, 1.807) is 0 Å². The van der Waals surface area contributed by atoms with Gasteiger partial charge in [0.1, 0.15) is 0 Å². The van der Waals surface area contributed by atoms with Gasteiger partial charge in [-0.05, 0) is 10.4 Å². The lowest BCUT2D eigenvalue weighted by Gasteiger charge is -1.97. The van der Waals surface area contributed by atoms with Gasteiger partial charge in [-0.25, -0.2) is 0 Å². The normalized spacial score (nSPS) is 14.0. The van der Waals surface area contributed by atoms with Crippen molar-refractivity contribution < 1.29 is 0 Å². The van der Waals surface area contributed by atoms with Gasteiger partial charge in [0.2, 0.25) is 0 Å². The van der Waals surface area contributed by atoms with E-state index in [0.717, 1.165) is 6.54 Å². The molecule has 1 aromatic rings. The number of hydrogen-bond acceptors (Lipinski definition) is 0. The maximum atomic E-state index is 4.14. The predicted octanol–water partition coefficient (Wildman–Crippen LogP) is -0.177. The molecule has 0 fully saturated rings. The van der Waals surface area contributed by atoms with Crippen molar-refractivity contribution >= 4 is 12.3 Å². The molecule has 0 spiro atoms. The topological polar surface area (TPSA) is 14.1 Å². The average Bonchev–Trinajstić information content (AvgIpc) is 2.05. The maximum absolute atomic E-state index is 4.14. The van der Waals surface area contributed by atoms with E-state index in [1.165, 1.54) is 10.4 Å². The van der Waals surface area contributed by atoms with E-state index >= 15 is 0 Å². The fraction of sp³-hybridized carbons (Fsp3) is 0.111. The van der Waals surface area contributed by atoms with Crippen molar-refractivity contribution in [2.75, 3.05) is 6.54 Å². The monoisotopic (exact) mass is 130 g/mol. The molecule has 1 heterocycles. The molecule has 10 heavy (non-hydrogen) atoms. The van der Waals surface area contributed by atoms with Gasteiger partial charge in [-0.3, -0.25) is 5.32 Å². The van der Waals surface area contributed by atoms with Crippen LogP contribution in [-0.2, 0) is 0 Å². The van der Waals surface area contributed by atoms with Crippen molar-refractivity contribution in [1.29, 1.82) is 0 Å². The van der Waals surface area contributed by atoms with E-state index in [9.17, 15) is 0 Å². The molecule has 0 saturated carbocycles. The summed E-state index contributed by atoms with van der Waals surface area (Å²) in [6.45, 7) is 0.830. The first-order chi connectivity index (χ1) is 4.97. The van der Waals surface area contributed by atoms with Gasteiger partial charge < -0.3 is 0 Å². The zero-order chi connectivity index (χ0) is 6.81. The number of rotatable bonds is 0. The summed E-state index contributed by atoms with van der Waals surface area (Å²) in [4.78, 5) is 0. The van der Waals surface area contributed by atoms with Gasteiger partial charge in [-0.2, -0.15) is 0 Å². The smallest absolute Gasteiger partial charge is 0.0579 e. The van der Waals surface area contributed by atoms with Crippen LogP contribution in [0.4, 0.5) is 0 Å². The van der Waals surface area contributed by atoms with E-state index in [2.05, 4.69) is 29.6 Å².